The third kappa shape index (κ3) is 5.83. The quantitative estimate of drug-likeness (QED) is 0.240. The molecular weight excluding hydrogens is 482 g/mol. The molecule has 1 unspecified atom stereocenters. The van der Waals surface area contributed by atoms with Crippen LogP contribution in [0.15, 0.2) is 34.7 Å². The largest absolute Gasteiger partial charge is 0.481 e. The van der Waals surface area contributed by atoms with Gasteiger partial charge in [-0.2, -0.15) is 4.31 Å². The standard InChI is InChI=1S/C26H31N3O6S/c1-3-16-7-9-18(10-8-16)24-23(25(32)27-2)20-14-19(17-11-12-17)21(28-26(20)35-24)15-29(36(33)34)13-5-4-6-22(30)31/h7-10,14,17H,3-6,11-13,15H2,1-2H3,(H,27,32)(H,30,31)(H,33,34). The second-order valence-corrected chi connectivity index (χ2v) is 10.0. The Balaban J connectivity index is 1.73. The predicted octanol–water partition coefficient (Wildman–Crippen LogP) is 4.49. The Hall–Kier alpha value is -3.08. The zero-order valence-electron chi connectivity index (χ0n) is 20.5. The number of benzene rings is 1. The number of carboxylic acids is 1. The van der Waals surface area contributed by atoms with Gasteiger partial charge in [0.1, 0.15) is 5.76 Å². The van der Waals surface area contributed by atoms with Crippen LogP contribution >= 0.6 is 0 Å². The van der Waals surface area contributed by atoms with E-state index in [1.807, 2.05) is 30.3 Å². The maximum absolute atomic E-state index is 12.9. The smallest absolute Gasteiger partial charge is 0.303 e. The van der Waals surface area contributed by atoms with Crippen LogP contribution in [0.5, 0.6) is 0 Å². The van der Waals surface area contributed by atoms with Crippen molar-refractivity contribution in [2.45, 2.75) is 57.9 Å². The van der Waals surface area contributed by atoms with E-state index in [0.29, 0.717) is 41.0 Å². The molecule has 10 heteroatoms. The summed E-state index contributed by atoms with van der Waals surface area (Å²) >= 11 is -2.24. The van der Waals surface area contributed by atoms with Crippen LogP contribution in [0.25, 0.3) is 22.4 Å². The van der Waals surface area contributed by atoms with Crippen molar-refractivity contribution in [2.24, 2.45) is 0 Å². The Labute approximate surface area is 212 Å². The summed E-state index contributed by atoms with van der Waals surface area (Å²) in [5.41, 5.74) is 4.26. The average molecular weight is 514 g/mol. The summed E-state index contributed by atoms with van der Waals surface area (Å²) in [6.45, 7) is 2.46. The number of rotatable bonds is 12. The predicted molar refractivity (Wildman–Crippen MR) is 137 cm³/mol. The van der Waals surface area contributed by atoms with Crippen LogP contribution in [0.4, 0.5) is 0 Å². The minimum atomic E-state index is -2.24. The van der Waals surface area contributed by atoms with Crippen LogP contribution in [0.1, 0.15) is 72.1 Å². The summed E-state index contributed by atoms with van der Waals surface area (Å²) in [5, 5.41) is 12.2. The van der Waals surface area contributed by atoms with E-state index in [-0.39, 0.29) is 31.3 Å². The molecule has 1 atom stereocenters. The summed E-state index contributed by atoms with van der Waals surface area (Å²) in [7, 11) is 1.58. The van der Waals surface area contributed by atoms with Crippen molar-refractivity contribution in [3.05, 3.63) is 52.7 Å². The van der Waals surface area contributed by atoms with Gasteiger partial charge in [-0.05, 0) is 55.2 Å². The average Bonchev–Trinajstić information content (AvgIpc) is 3.65. The number of furan rings is 1. The fourth-order valence-corrected chi connectivity index (χ4v) is 4.86. The van der Waals surface area contributed by atoms with Crippen molar-refractivity contribution in [2.75, 3.05) is 13.6 Å². The fourth-order valence-electron chi connectivity index (χ4n) is 4.34. The molecule has 0 bridgehead atoms. The molecule has 1 aliphatic carbocycles. The summed E-state index contributed by atoms with van der Waals surface area (Å²) < 4.78 is 29.4. The van der Waals surface area contributed by atoms with Crippen molar-refractivity contribution in [1.29, 1.82) is 0 Å². The van der Waals surface area contributed by atoms with Crippen molar-refractivity contribution >= 4 is 34.2 Å². The van der Waals surface area contributed by atoms with Crippen molar-refractivity contribution in [3.63, 3.8) is 0 Å². The molecule has 1 aromatic carbocycles. The molecule has 3 aromatic rings. The van der Waals surface area contributed by atoms with E-state index < -0.39 is 17.2 Å². The molecule has 0 aliphatic heterocycles. The Bertz CT molecular complexity index is 1280. The molecule has 192 valence electrons. The number of aliphatic carboxylic acids is 1. The molecule has 9 nitrogen and oxygen atoms in total. The van der Waals surface area contributed by atoms with Crippen LogP contribution in [-0.2, 0) is 29.0 Å². The molecule has 36 heavy (non-hydrogen) atoms. The Kier molecular flexibility index (Phi) is 8.17. The molecule has 0 spiro atoms. The first-order chi connectivity index (χ1) is 17.3. The Morgan fingerprint density at radius 3 is 2.53 bits per heavy atom. The SMILES string of the molecule is CCc1ccc(-c2oc3nc(CN(CCCCC(=O)O)S(=O)O)c(C4CC4)cc3c2C(=O)NC)cc1. The maximum atomic E-state index is 12.9. The van der Waals surface area contributed by atoms with E-state index in [0.717, 1.165) is 30.4 Å². The monoisotopic (exact) mass is 513 g/mol. The zero-order valence-corrected chi connectivity index (χ0v) is 21.3. The first kappa shape index (κ1) is 26.0. The molecule has 2 aromatic heterocycles. The molecule has 2 heterocycles. The molecular formula is C26H31N3O6S. The van der Waals surface area contributed by atoms with E-state index in [2.05, 4.69) is 12.2 Å². The number of fused-ring (bicyclic) bond motifs is 1. The number of amides is 1. The van der Waals surface area contributed by atoms with Gasteiger partial charge in [0, 0.05) is 25.6 Å². The molecule has 1 amide bonds. The minimum absolute atomic E-state index is 0.0140. The molecule has 1 aliphatic rings. The van der Waals surface area contributed by atoms with E-state index in [1.165, 1.54) is 9.87 Å². The maximum Gasteiger partial charge on any atom is 0.303 e. The van der Waals surface area contributed by atoms with Crippen LogP contribution < -0.4 is 5.32 Å². The lowest BCUT2D eigenvalue weighted by atomic mass is 10.0. The Morgan fingerprint density at radius 2 is 1.94 bits per heavy atom. The van der Waals surface area contributed by atoms with E-state index >= 15 is 0 Å². The van der Waals surface area contributed by atoms with Gasteiger partial charge in [-0.1, -0.05) is 31.2 Å². The van der Waals surface area contributed by atoms with Crippen LogP contribution in [-0.4, -0.2) is 48.6 Å². The number of aryl methyl sites for hydroxylation is 1. The van der Waals surface area contributed by atoms with Crippen molar-refractivity contribution < 1.29 is 27.9 Å². The summed E-state index contributed by atoms with van der Waals surface area (Å²) in [6, 6.07) is 9.81. The molecule has 1 saturated carbocycles. The number of nitrogens with zero attached hydrogens (tertiary/aromatic N) is 2. The molecule has 0 radical (unpaired) electrons. The van der Waals surface area contributed by atoms with Gasteiger partial charge in [0.2, 0.25) is 17.0 Å². The zero-order chi connectivity index (χ0) is 25.8. The molecule has 1 fully saturated rings. The number of carbonyl (C=O) groups excluding carboxylic acids is 1. The first-order valence-corrected chi connectivity index (χ1v) is 13.2. The molecule has 3 N–H and O–H groups in total. The van der Waals surface area contributed by atoms with Crippen molar-refractivity contribution in [1.82, 2.24) is 14.6 Å². The van der Waals surface area contributed by atoms with Crippen LogP contribution in [0, 0.1) is 0 Å². The first-order valence-electron chi connectivity index (χ1n) is 12.2. The summed E-state index contributed by atoms with van der Waals surface area (Å²) in [5.74, 6) is -0.442. The number of hydrogen-bond donors (Lipinski definition) is 3. The number of pyridine rings is 1. The van der Waals surface area contributed by atoms with Gasteiger partial charge in [0.05, 0.1) is 23.2 Å². The van der Waals surface area contributed by atoms with Gasteiger partial charge in [-0.15, -0.1) is 0 Å². The van der Waals surface area contributed by atoms with Crippen molar-refractivity contribution in [3.8, 4) is 11.3 Å². The van der Waals surface area contributed by atoms with Gasteiger partial charge >= 0.3 is 5.97 Å². The minimum Gasteiger partial charge on any atom is -0.481 e. The van der Waals surface area contributed by atoms with Crippen LogP contribution in [0.3, 0.4) is 0 Å². The normalized spacial score (nSPS) is 14.3. The lowest BCUT2D eigenvalue weighted by Gasteiger charge is -2.18. The highest BCUT2D eigenvalue weighted by Crippen LogP contribution is 2.44. The number of carboxylic acid groups (broad SMARTS) is 1. The number of carbonyl (C=O) groups is 2. The number of hydrogen-bond acceptors (Lipinski definition) is 5. The summed E-state index contributed by atoms with van der Waals surface area (Å²) in [6.07, 6.45) is 3.77. The van der Waals surface area contributed by atoms with Gasteiger partial charge in [0.25, 0.3) is 5.91 Å². The third-order valence-corrected chi connectivity index (χ3v) is 7.24. The summed E-state index contributed by atoms with van der Waals surface area (Å²) in [4.78, 5) is 28.5. The highest BCUT2D eigenvalue weighted by atomic mass is 32.2. The van der Waals surface area contributed by atoms with E-state index in [4.69, 9.17) is 14.5 Å². The lowest BCUT2D eigenvalue weighted by molar-refractivity contribution is -0.137. The van der Waals surface area contributed by atoms with E-state index in [9.17, 15) is 18.4 Å². The van der Waals surface area contributed by atoms with Crippen LogP contribution in [0.2, 0.25) is 0 Å². The molecule has 4 rings (SSSR count). The van der Waals surface area contributed by atoms with E-state index in [1.54, 1.807) is 7.05 Å². The van der Waals surface area contributed by atoms with Gasteiger partial charge < -0.3 is 14.8 Å². The second kappa shape index (κ2) is 11.3. The number of aromatic nitrogens is 1. The van der Waals surface area contributed by atoms with Gasteiger partial charge in [-0.25, -0.2) is 9.19 Å². The lowest BCUT2D eigenvalue weighted by Crippen LogP contribution is -2.27. The highest BCUT2D eigenvalue weighted by molar-refractivity contribution is 7.76. The fraction of sp³-hybridized carbons (Fsp3) is 0.423. The Morgan fingerprint density at radius 1 is 1.22 bits per heavy atom. The number of unbranched alkanes of at least 4 members (excludes halogenated alkanes) is 1. The third-order valence-electron chi connectivity index (χ3n) is 6.49. The topological polar surface area (TPSA) is 133 Å². The highest BCUT2D eigenvalue weighted by Gasteiger charge is 2.31. The molecule has 0 saturated heterocycles. The number of nitrogens with one attached hydrogen (secondary N) is 1. The second-order valence-electron chi connectivity index (χ2n) is 9.03. The van der Waals surface area contributed by atoms with Gasteiger partial charge in [0.15, 0.2) is 0 Å². The van der Waals surface area contributed by atoms with Gasteiger partial charge in [-0.3, -0.25) is 14.1 Å².